The molecule has 30 heavy (non-hydrogen) atoms. The summed E-state index contributed by atoms with van der Waals surface area (Å²) in [6.07, 6.45) is 1.32. The number of urea groups is 1. The van der Waals surface area contributed by atoms with Crippen LogP contribution >= 0.6 is 23.2 Å². The van der Waals surface area contributed by atoms with Crippen molar-refractivity contribution < 1.29 is 23.9 Å². The summed E-state index contributed by atoms with van der Waals surface area (Å²) in [5, 5.41) is 2.64. The highest BCUT2D eigenvalue weighted by Crippen LogP contribution is 2.35. The number of nitrogens with zero attached hydrogens (tertiary/aromatic N) is 1. The smallest absolute Gasteiger partial charge is 0.335 e. The number of nitrogens with one attached hydrogen (secondary N) is 1. The summed E-state index contributed by atoms with van der Waals surface area (Å²) < 4.78 is 10.7. The lowest BCUT2D eigenvalue weighted by Crippen LogP contribution is -2.54. The van der Waals surface area contributed by atoms with Gasteiger partial charge in [0.25, 0.3) is 11.8 Å². The van der Waals surface area contributed by atoms with Crippen LogP contribution in [-0.2, 0) is 9.59 Å². The van der Waals surface area contributed by atoms with Gasteiger partial charge in [-0.15, -0.1) is 0 Å². The predicted octanol–water partition coefficient (Wildman–Crippen LogP) is 4.46. The quantitative estimate of drug-likeness (QED) is 0.520. The first-order valence-corrected chi connectivity index (χ1v) is 9.87. The Bertz CT molecular complexity index is 1010. The third-order valence-corrected chi connectivity index (χ3v) is 4.69. The van der Waals surface area contributed by atoms with E-state index in [1.54, 1.807) is 31.2 Å². The van der Waals surface area contributed by atoms with Crippen LogP contribution in [0.1, 0.15) is 19.4 Å². The Morgan fingerprint density at radius 3 is 2.13 bits per heavy atom. The van der Waals surface area contributed by atoms with E-state index in [-0.39, 0.29) is 15.6 Å². The summed E-state index contributed by atoms with van der Waals surface area (Å²) in [7, 11) is 0. The molecule has 0 unspecified atom stereocenters. The molecule has 156 valence electrons. The summed E-state index contributed by atoms with van der Waals surface area (Å²) in [6.45, 7) is 4.49. The maximum atomic E-state index is 13.0. The van der Waals surface area contributed by atoms with Crippen molar-refractivity contribution in [1.29, 1.82) is 0 Å². The minimum absolute atomic E-state index is 0.235. The number of carbonyl (C=O) groups is 3. The zero-order valence-corrected chi connectivity index (χ0v) is 17.7. The number of rotatable bonds is 6. The van der Waals surface area contributed by atoms with Gasteiger partial charge in [-0.25, -0.2) is 9.69 Å². The first kappa shape index (κ1) is 21.7. The largest absolute Gasteiger partial charge is 0.494 e. The van der Waals surface area contributed by atoms with Crippen LogP contribution < -0.4 is 19.7 Å². The normalized spacial score (nSPS) is 15.4. The summed E-state index contributed by atoms with van der Waals surface area (Å²) in [6, 6.07) is 8.57. The average Bonchev–Trinajstić information content (AvgIpc) is 2.69. The third kappa shape index (κ3) is 4.42. The van der Waals surface area contributed by atoms with Gasteiger partial charge in [-0.1, -0.05) is 23.2 Å². The number of barbiturate groups is 1. The molecule has 0 spiro atoms. The second-order valence-corrected chi connectivity index (χ2v) is 6.95. The summed E-state index contributed by atoms with van der Waals surface area (Å²) in [5.74, 6) is -0.674. The van der Waals surface area contributed by atoms with Gasteiger partial charge in [0.1, 0.15) is 11.3 Å². The maximum absolute atomic E-state index is 13.0. The molecule has 0 radical (unpaired) electrons. The van der Waals surface area contributed by atoms with Crippen LogP contribution in [0.15, 0.2) is 42.0 Å². The average molecular weight is 449 g/mol. The topological polar surface area (TPSA) is 84.9 Å². The van der Waals surface area contributed by atoms with Crippen molar-refractivity contribution in [3.63, 3.8) is 0 Å². The number of hydrogen-bond donors (Lipinski definition) is 1. The summed E-state index contributed by atoms with van der Waals surface area (Å²) in [4.78, 5) is 38.5. The first-order chi connectivity index (χ1) is 14.3. The molecule has 1 aliphatic rings. The van der Waals surface area contributed by atoms with Gasteiger partial charge >= 0.3 is 6.03 Å². The fourth-order valence-corrected chi connectivity index (χ4v) is 3.47. The van der Waals surface area contributed by atoms with E-state index in [1.165, 1.54) is 18.2 Å². The number of halogens is 2. The summed E-state index contributed by atoms with van der Waals surface area (Å²) >= 11 is 12.4. The molecule has 1 saturated heterocycles. The van der Waals surface area contributed by atoms with Crippen molar-refractivity contribution in [2.75, 3.05) is 18.1 Å². The van der Waals surface area contributed by atoms with Crippen LogP contribution in [0.3, 0.4) is 0 Å². The molecule has 0 bridgehead atoms. The van der Waals surface area contributed by atoms with Crippen molar-refractivity contribution in [3.8, 4) is 11.5 Å². The molecule has 1 aliphatic heterocycles. The molecule has 2 aromatic carbocycles. The van der Waals surface area contributed by atoms with E-state index in [0.29, 0.717) is 36.0 Å². The number of amides is 4. The molecule has 2 aromatic rings. The SMILES string of the molecule is CCOc1ccc(N2C(=O)NC(=O)/C(=C\c3cc(Cl)c(OCC)c(Cl)c3)C2=O)cc1. The van der Waals surface area contributed by atoms with E-state index in [2.05, 4.69) is 5.32 Å². The molecule has 1 fully saturated rings. The van der Waals surface area contributed by atoms with Crippen LogP contribution in [-0.4, -0.2) is 31.1 Å². The van der Waals surface area contributed by atoms with E-state index >= 15 is 0 Å². The van der Waals surface area contributed by atoms with Crippen molar-refractivity contribution in [2.24, 2.45) is 0 Å². The fourth-order valence-electron chi connectivity index (χ4n) is 2.86. The highest BCUT2D eigenvalue weighted by atomic mass is 35.5. The molecule has 0 atom stereocenters. The van der Waals surface area contributed by atoms with Gasteiger partial charge in [0, 0.05) is 0 Å². The first-order valence-electron chi connectivity index (χ1n) is 9.11. The van der Waals surface area contributed by atoms with E-state index in [9.17, 15) is 14.4 Å². The Hall–Kier alpha value is -3.03. The Kier molecular flexibility index (Phi) is 6.64. The summed E-state index contributed by atoms with van der Waals surface area (Å²) in [5.41, 5.74) is 0.467. The minimum Gasteiger partial charge on any atom is -0.494 e. The molecule has 4 amide bonds. The Morgan fingerprint density at radius 2 is 1.57 bits per heavy atom. The van der Waals surface area contributed by atoms with Crippen LogP contribution in [0, 0.1) is 0 Å². The predicted molar refractivity (Wildman–Crippen MR) is 114 cm³/mol. The Morgan fingerprint density at radius 1 is 0.967 bits per heavy atom. The monoisotopic (exact) mass is 448 g/mol. The van der Waals surface area contributed by atoms with Gasteiger partial charge in [0.15, 0.2) is 5.75 Å². The number of hydrogen-bond acceptors (Lipinski definition) is 5. The molecule has 1 N–H and O–H groups in total. The molecule has 1 heterocycles. The number of carbonyl (C=O) groups excluding carboxylic acids is 3. The molecular formula is C21H18Cl2N2O5. The zero-order chi connectivity index (χ0) is 21.8. The second kappa shape index (κ2) is 9.19. The van der Waals surface area contributed by atoms with Crippen molar-refractivity contribution in [2.45, 2.75) is 13.8 Å². The Balaban J connectivity index is 1.96. The lowest BCUT2D eigenvalue weighted by atomic mass is 10.1. The van der Waals surface area contributed by atoms with Crippen LogP contribution in [0.2, 0.25) is 10.0 Å². The Labute approximate surface area is 183 Å². The zero-order valence-electron chi connectivity index (χ0n) is 16.2. The van der Waals surface area contributed by atoms with Crippen LogP contribution in [0.5, 0.6) is 11.5 Å². The molecule has 0 saturated carbocycles. The van der Waals surface area contributed by atoms with Gasteiger partial charge in [-0.2, -0.15) is 0 Å². The molecule has 9 heteroatoms. The molecule has 7 nitrogen and oxygen atoms in total. The fraction of sp³-hybridized carbons (Fsp3) is 0.190. The van der Waals surface area contributed by atoms with Gasteiger partial charge < -0.3 is 9.47 Å². The highest BCUT2D eigenvalue weighted by Gasteiger charge is 2.36. The standard InChI is InChI=1S/C21H18Cl2N2O5/c1-3-29-14-7-5-13(6-8-14)25-20(27)15(19(26)24-21(25)28)9-12-10-16(22)18(30-4-2)17(23)11-12/h5-11H,3-4H2,1-2H3,(H,24,26,28)/b15-9+. The molecule has 0 aliphatic carbocycles. The van der Waals surface area contributed by atoms with Gasteiger partial charge in [-0.05, 0) is 61.9 Å². The van der Waals surface area contributed by atoms with Gasteiger partial charge in [-0.3, -0.25) is 14.9 Å². The van der Waals surface area contributed by atoms with Crippen molar-refractivity contribution >= 4 is 52.8 Å². The van der Waals surface area contributed by atoms with Crippen LogP contribution in [0.25, 0.3) is 6.08 Å². The lowest BCUT2D eigenvalue weighted by Gasteiger charge is -2.26. The lowest BCUT2D eigenvalue weighted by molar-refractivity contribution is -0.122. The van der Waals surface area contributed by atoms with Crippen molar-refractivity contribution in [3.05, 3.63) is 57.6 Å². The second-order valence-electron chi connectivity index (χ2n) is 6.13. The molecule has 0 aromatic heterocycles. The minimum atomic E-state index is -0.839. The highest BCUT2D eigenvalue weighted by molar-refractivity contribution is 6.40. The maximum Gasteiger partial charge on any atom is 0.335 e. The van der Waals surface area contributed by atoms with Gasteiger partial charge in [0.2, 0.25) is 0 Å². The number of ether oxygens (including phenoxy) is 2. The van der Waals surface area contributed by atoms with E-state index in [1.807, 2.05) is 6.92 Å². The van der Waals surface area contributed by atoms with Crippen molar-refractivity contribution in [1.82, 2.24) is 5.32 Å². The van der Waals surface area contributed by atoms with E-state index < -0.39 is 17.8 Å². The molecule has 3 rings (SSSR count). The number of anilines is 1. The van der Waals surface area contributed by atoms with E-state index in [0.717, 1.165) is 4.90 Å². The number of imide groups is 2. The third-order valence-electron chi connectivity index (χ3n) is 4.13. The van der Waals surface area contributed by atoms with Crippen LogP contribution in [0.4, 0.5) is 10.5 Å². The van der Waals surface area contributed by atoms with Gasteiger partial charge in [0.05, 0.1) is 28.9 Å². The molecular weight excluding hydrogens is 431 g/mol. The van der Waals surface area contributed by atoms with E-state index in [4.69, 9.17) is 32.7 Å². The number of benzene rings is 2.